The molecule has 0 bridgehead atoms. The molecule has 0 heterocycles. The molecule has 0 unspecified atom stereocenters. The van der Waals surface area contributed by atoms with E-state index < -0.39 is 0 Å². The molecule has 3 nitrogen and oxygen atoms in total. The van der Waals surface area contributed by atoms with Crippen molar-refractivity contribution in [2.45, 2.75) is 11.3 Å². The molecule has 5 heteroatoms. The fourth-order valence-electron chi connectivity index (χ4n) is 2.61. The van der Waals surface area contributed by atoms with Gasteiger partial charge in [-0.2, -0.15) is 0 Å². The van der Waals surface area contributed by atoms with Gasteiger partial charge in [-0.05, 0) is 60.5 Å². The standard InChI is InChI=1S/C23H22FNO2S/c24-20-10-6-18(7-11-20)14-15-25-23(26)19-8-12-21(13-9-19)27-16-17-28-22-4-2-1-3-5-22/h1-13H,14-17H2,(H,25,26). The van der Waals surface area contributed by atoms with E-state index in [4.69, 9.17) is 4.74 Å². The van der Waals surface area contributed by atoms with Crippen molar-refractivity contribution in [3.05, 3.63) is 95.8 Å². The minimum Gasteiger partial charge on any atom is -0.493 e. The van der Waals surface area contributed by atoms with Crippen molar-refractivity contribution in [2.75, 3.05) is 18.9 Å². The zero-order valence-electron chi connectivity index (χ0n) is 15.4. The molecule has 0 spiro atoms. The average molecular weight is 395 g/mol. The molecule has 1 N–H and O–H groups in total. The van der Waals surface area contributed by atoms with Gasteiger partial charge in [0.2, 0.25) is 0 Å². The third-order valence-electron chi connectivity index (χ3n) is 4.09. The maximum Gasteiger partial charge on any atom is 0.251 e. The molecular formula is C23H22FNO2S. The molecule has 0 aliphatic carbocycles. The summed E-state index contributed by atoms with van der Waals surface area (Å²) >= 11 is 1.75. The molecule has 0 fully saturated rings. The highest BCUT2D eigenvalue weighted by molar-refractivity contribution is 7.99. The summed E-state index contributed by atoms with van der Waals surface area (Å²) in [5.74, 6) is 1.22. The van der Waals surface area contributed by atoms with Gasteiger partial charge in [0, 0.05) is 22.8 Å². The third-order valence-corrected chi connectivity index (χ3v) is 5.07. The van der Waals surface area contributed by atoms with Crippen LogP contribution in [0.5, 0.6) is 5.75 Å². The van der Waals surface area contributed by atoms with Crippen LogP contribution >= 0.6 is 11.8 Å². The van der Waals surface area contributed by atoms with Crippen LogP contribution in [0.15, 0.2) is 83.8 Å². The largest absolute Gasteiger partial charge is 0.493 e. The summed E-state index contributed by atoms with van der Waals surface area (Å²) in [6, 6.07) is 23.6. The molecule has 0 atom stereocenters. The Bertz CT molecular complexity index is 867. The molecule has 0 aliphatic heterocycles. The van der Waals surface area contributed by atoms with Gasteiger partial charge < -0.3 is 10.1 Å². The third kappa shape index (κ3) is 6.43. The molecule has 0 radical (unpaired) electrons. The van der Waals surface area contributed by atoms with E-state index in [1.54, 1.807) is 36.0 Å². The van der Waals surface area contributed by atoms with Gasteiger partial charge in [0.05, 0.1) is 6.61 Å². The minimum atomic E-state index is -0.256. The summed E-state index contributed by atoms with van der Waals surface area (Å²) in [7, 11) is 0. The molecule has 1 amide bonds. The topological polar surface area (TPSA) is 38.3 Å². The Labute approximate surface area is 168 Å². The smallest absolute Gasteiger partial charge is 0.251 e. The lowest BCUT2D eigenvalue weighted by molar-refractivity contribution is 0.0954. The normalized spacial score (nSPS) is 10.5. The molecule has 144 valence electrons. The Morgan fingerprint density at radius 1 is 0.929 bits per heavy atom. The van der Waals surface area contributed by atoms with E-state index >= 15 is 0 Å². The first-order chi connectivity index (χ1) is 13.7. The molecule has 0 aliphatic rings. The first-order valence-corrected chi connectivity index (χ1v) is 10.1. The Balaban J connectivity index is 1.38. The molecule has 3 aromatic carbocycles. The maximum atomic E-state index is 12.9. The van der Waals surface area contributed by atoms with Crippen molar-refractivity contribution in [3.8, 4) is 5.75 Å². The second kappa shape index (κ2) is 10.5. The average Bonchev–Trinajstić information content (AvgIpc) is 2.74. The van der Waals surface area contributed by atoms with Gasteiger partial charge in [-0.3, -0.25) is 4.79 Å². The number of nitrogens with one attached hydrogen (secondary N) is 1. The molecular weight excluding hydrogens is 373 g/mol. The van der Waals surface area contributed by atoms with Crippen molar-refractivity contribution in [1.82, 2.24) is 5.32 Å². The summed E-state index contributed by atoms with van der Waals surface area (Å²) in [6.45, 7) is 1.10. The highest BCUT2D eigenvalue weighted by atomic mass is 32.2. The van der Waals surface area contributed by atoms with Gasteiger partial charge in [0.25, 0.3) is 5.91 Å². The van der Waals surface area contributed by atoms with Crippen LogP contribution < -0.4 is 10.1 Å². The van der Waals surface area contributed by atoms with E-state index in [9.17, 15) is 9.18 Å². The lowest BCUT2D eigenvalue weighted by Gasteiger charge is -2.08. The summed E-state index contributed by atoms with van der Waals surface area (Å²) in [5.41, 5.74) is 1.57. The van der Waals surface area contributed by atoms with Crippen molar-refractivity contribution in [3.63, 3.8) is 0 Å². The van der Waals surface area contributed by atoms with Crippen LogP contribution in [-0.2, 0) is 6.42 Å². The van der Waals surface area contributed by atoms with E-state index in [-0.39, 0.29) is 11.7 Å². The van der Waals surface area contributed by atoms with Crippen molar-refractivity contribution in [2.24, 2.45) is 0 Å². The van der Waals surface area contributed by atoms with Crippen molar-refractivity contribution in [1.29, 1.82) is 0 Å². The number of amides is 1. The number of rotatable bonds is 9. The van der Waals surface area contributed by atoms with Crippen LogP contribution in [0.4, 0.5) is 4.39 Å². The summed E-state index contributed by atoms with van der Waals surface area (Å²) in [4.78, 5) is 13.4. The number of thioether (sulfide) groups is 1. The van der Waals surface area contributed by atoms with Gasteiger partial charge in [-0.1, -0.05) is 30.3 Å². The zero-order valence-corrected chi connectivity index (χ0v) is 16.3. The zero-order chi connectivity index (χ0) is 19.6. The molecule has 3 aromatic rings. The molecule has 0 saturated heterocycles. The summed E-state index contributed by atoms with van der Waals surface area (Å²) < 4.78 is 18.6. The second-order valence-corrected chi connectivity index (χ2v) is 7.34. The number of hydrogen-bond acceptors (Lipinski definition) is 3. The molecule has 3 rings (SSSR count). The maximum absolute atomic E-state index is 12.9. The fraction of sp³-hybridized carbons (Fsp3) is 0.174. The summed E-state index contributed by atoms with van der Waals surface area (Å²) in [5, 5.41) is 2.88. The Morgan fingerprint density at radius 3 is 2.36 bits per heavy atom. The molecule has 0 saturated carbocycles. The van der Waals surface area contributed by atoms with Gasteiger partial charge in [-0.25, -0.2) is 4.39 Å². The lowest BCUT2D eigenvalue weighted by Crippen LogP contribution is -2.25. The van der Waals surface area contributed by atoms with Crippen LogP contribution in [0.2, 0.25) is 0 Å². The van der Waals surface area contributed by atoms with Gasteiger partial charge >= 0.3 is 0 Å². The Hall–Kier alpha value is -2.79. The first-order valence-electron chi connectivity index (χ1n) is 9.14. The SMILES string of the molecule is O=C(NCCc1ccc(F)cc1)c1ccc(OCCSc2ccccc2)cc1. The highest BCUT2D eigenvalue weighted by Crippen LogP contribution is 2.18. The number of halogens is 1. The number of benzene rings is 3. The van der Waals surface area contributed by atoms with Crippen molar-refractivity contribution < 1.29 is 13.9 Å². The number of hydrogen-bond donors (Lipinski definition) is 1. The minimum absolute atomic E-state index is 0.131. The Kier molecular flexibility index (Phi) is 7.50. The van der Waals surface area contributed by atoms with E-state index in [1.165, 1.54) is 17.0 Å². The second-order valence-electron chi connectivity index (χ2n) is 6.17. The Morgan fingerprint density at radius 2 is 1.64 bits per heavy atom. The monoisotopic (exact) mass is 395 g/mol. The predicted molar refractivity (Wildman–Crippen MR) is 112 cm³/mol. The van der Waals surface area contributed by atoms with Crippen LogP contribution in [0, 0.1) is 5.82 Å². The quantitative estimate of drug-likeness (QED) is 0.411. The van der Waals surface area contributed by atoms with E-state index in [0.717, 1.165) is 17.1 Å². The number of ether oxygens (including phenoxy) is 1. The lowest BCUT2D eigenvalue weighted by atomic mass is 10.1. The molecule has 0 aromatic heterocycles. The van der Waals surface area contributed by atoms with E-state index in [2.05, 4.69) is 17.4 Å². The van der Waals surface area contributed by atoms with Crippen LogP contribution in [0.1, 0.15) is 15.9 Å². The van der Waals surface area contributed by atoms with Gasteiger partial charge in [-0.15, -0.1) is 11.8 Å². The number of carbonyl (C=O) groups excluding carboxylic acids is 1. The van der Waals surface area contributed by atoms with Crippen molar-refractivity contribution >= 4 is 17.7 Å². The number of carbonyl (C=O) groups is 1. The van der Waals surface area contributed by atoms with Gasteiger partial charge in [0.15, 0.2) is 0 Å². The van der Waals surface area contributed by atoms with Crippen LogP contribution in [-0.4, -0.2) is 24.8 Å². The highest BCUT2D eigenvalue weighted by Gasteiger charge is 2.05. The molecule has 28 heavy (non-hydrogen) atoms. The first kappa shape index (κ1) is 20.0. The van der Waals surface area contributed by atoms with Gasteiger partial charge in [0.1, 0.15) is 11.6 Å². The van der Waals surface area contributed by atoms with Crippen LogP contribution in [0.3, 0.4) is 0 Å². The van der Waals surface area contributed by atoms with E-state index in [0.29, 0.717) is 25.1 Å². The van der Waals surface area contributed by atoms with Crippen LogP contribution in [0.25, 0.3) is 0 Å². The summed E-state index contributed by atoms with van der Waals surface area (Å²) in [6.07, 6.45) is 0.659. The predicted octanol–water partition coefficient (Wildman–Crippen LogP) is 4.97. The fourth-order valence-corrected chi connectivity index (χ4v) is 3.36. The van der Waals surface area contributed by atoms with E-state index in [1.807, 2.05) is 30.3 Å².